The molecule has 0 heterocycles. The lowest BCUT2D eigenvalue weighted by Crippen LogP contribution is -2.53. The number of halogens is 7. The fourth-order valence-corrected chi connectivity index (χ4v) is 0.696. The van der Waals surface area contributed by atoms with Crippen molar-refractivity contribution in [1.82, 2.24) is 0 Å². The first-order chi connectivity index (χ1) is 8.72. The Hall–Kier alpha value is -1.36. The van der Waals surface area contributed by atoms with Crippen LogP contribution in [0.25, 0.3) is 0 Å². The summed E-state index contributed by atoms with van der Waals surface area (Å²) in [6.45, 7) is 1.63. The molecule has 0 bridgehead atoms. The third-order valence-corrected chi connectivity index (χ3v) is 1.69. The van der Waals surface area contributed by atoms with Crippen molar-refractivity contribution in [2.24, 2.45) is 0 Å². The molecule has 0 fully saturated rings. The van der Waals surface area contributed by atoms with Crippen LogP contribution in [-0.2, 0) is 4.79 Å². The number of carboxylic acid groups (broad SMARTS) is 1. The third-order valence-electron chi connectivity index (χ3n) is 1.69. The summed E-state index contributed by atoms with van der Waals surface area (Å²) in [5.74, 6) is -12.7. The zero-order chi connectivity index (χ0) is 16.8. The van der Waals surface area contributed by atoms with Gasteiger partial charge in [-0.3, -0.25) is 0 Å². The van der Waals surface area contributed by atoms with Gasteiger partial charge in [-0.1, -0.05) is 6.58 Å². The largest absolute Gasteiger partial charge is 0.478 e. The Morgan fingerprint density at radius 2 is 1.50 bits per heavy atom. The highest BCUT2D eigenvalue weighted by atomic mass is 19.4. The van der Waals surface area contributed by atoms with Crippen LogP contribution in [0.1, 0.15) is 6.42 Å². The van der Waals surface area contributed by atoms with E-state index in [1.165, 1.54) is 0 Å². The van der Waals surface area contributed by atoms with Crippen LogP contribution < -0.4 is 0 Å². The van der Waals surface area contributed by atoms with Gasteiger partial charge in [-0.15, -0.1) is 0 Å². The number of carboxylic acids is 1. The zero-order valence-corrected chi connectivity index (χ0v) is 9.67. The summed E-state index contributed by atoms with van der Waals surface area (Å²) in [4.78, 5) is 9.25. The van der Waals surface area contributed by atoms with E-state index in [-0.39, 0.29) is 0 Å². The van der Waals surface area contributed by atoms with Crippen LogP contribution in [0, 0.1) is 0 Å². The molecule has 0 aromatic carbocycles. The number of carbonyl (C=O) groups is 1. The number of aliphatic hydroxyl groups is 2. The first kappa shape index (κ1) is 20.9. The lowest BCUT2D eigenvalue weighted by Gasteiger charge is -2.29. The standard InChI is InChI=1S/C6H7F7O2.C3H4O2/c7-4(8,1-3(15)2-14)5(9,10)6(11,12)13;1-2-3(4)5/h3,14-15H,1-2H2;2H,1H2,(H,4,5). The Labute approximate surface area is 108 Å². The van der Waals surface area contributed by atoms with Gasteiger partial charge in [0.05, 0.1) is 12.7 Å². The highest BCUT2D eigenvalue weighted by molar-refractivity contribution is 5.78. The van der Waals surface area contributed by atoms with E-state index in [4.69, 9.17) is 15.3 Å². The number of hydrogen-bond acceptors (Lipinski definition) is 3. The normalized spacial score (nSPS) is 14.1. The van der Waals surface area contributed by atoms with Crippen LogP contribution in [0.4, 0.5) is 30.7 Å². The minimum atomic E-state index is -6.41. The Morgan fingerprint density at radius 3 is 1.70 bits per heavy atom. The summed E-state index contributed by atoms with van der Waals surface area (Å²) in [6, 6.07) is 0. The van der Waals surface area contributed by atoms with E-state index in [0.717, 1.165) is 6.08 Å². The molecule has 4 nitrogen and oxygen atoms in total. The van der Waals surface area contributed by atoms with Crippen molar-refractivity contribution in [3.8, 4) is 0 Å². The second kappa shape index (κ2) is 7.43. The van der Waals surface area contributed by atoms with Crippen molar-refractivity contribution in [1.29, 1.82) is 0 Å². The molecule has 0 saturated carbocycles. The maximum atomic E-state index is 12.4. The molecule has 0 saturated heterocycles. The van der Waals surface area contributed by atoms with Crippen molar-refractivity contribution in [2.75, 3.05) is 6.61 Å². The topological polar surface area (TPSA) is 77.8 Å². The number of aliphatic hydroxyl groups excluding tert-OH is 2. The SMILES string of the molecule is C=CC(=O)O.OCC(O)CC(F)(F)C(F)(F)C(F)(F)F. The molecule has 0 spiro atoms. The van der Waals surface area contributed by atoms with Gasteiger partial charge >= 0.3 is 24.0 Å². The molecule has 20 heavy (non-hydrogen) atoms. The molecule has 0 aliphatic carbocycles. The Morgan fingerprint density at radius 1 is 1.15 bits per heavy atom. The van der Waals surface area contributed by atoms with Crippen LogP contribution in [-0.4, -0.2) is 52.0 Å². The molecule has 1 unspecified atom stereocenters. The van der Waals surface area contributed by atoms with Crippen LogP contribution in [0.3, 0.4) is 0 Å². The van der Waals surface area contributed by atoms with Gasteiger partial charge in [-0.05, 0) is 0 Å². The van der Waals surface area contributed by atoms with E-state index >= 15 is 0 Å². The lowest BCUT2D eigenvalue weighted by atomic mass is 10.0. The van der Waals surface area contributed by atoms with Crippen molar-refractivity contribution < 1.29 is 50.8 Å². The molecule has 0 aromatic rings. The molecular formula is C9H11F7O4. The smallest absolute Gasteiger partial charge is 0.459 e. The van der Waals surface area contributed by atoms with Gasteiger partial charge in [0.2, 0.25) is 0 Å². The monoisotopic (exact) mass is 316 g/mol. The van der Waals surface area contributed by atoms with Crippen molar-refractivity contribution in [3.63, 3.8) is 0 Å². The zero-order valence-electron chi connectivity index (χ0n) is 9.67. The van der Waals surface area contributed by atoms with Crippen LogP contribution >= 0.6 is 0 Å². The fourth-order valence-electron chi connectivity index (χ4n) is 0.696. The average Bonchev–Trinajstić information content (AvgIpc) is 2.27. The van der Waals surface area contributed by atoms with E-state index in [1.54, 1.807) is 0 Å². The molecule has 0 aromatic heterocycles. The summed E-state index contributed by atoms with van der Waals surface area (Å²) in [5, 5.41) is 24.1. The highest BCUT2D eigenvalue weighted by Gasteiger charge is 2.72. The molecule has 0 aliphatic rings. The highest BCUT2D eigenvalue weighted by Crippen LogP contribution is 2.48. The quantitative estimate of drug-likeness (QED) is 0.534. The van der Waals surface area contributed by atoms with E-state index in [0.29, 0.717) is 0 Å². The van der Waals surface area contributed by atoms with E-state index in [9.17, 15) is 35.5 Å². The van der Waals surface area contributed by atoms with Gasteiger partial charge in [0, 0.05) is 12.5 Å². The Bertz CT molecular complexity index is 327. The van der Waals surface area contributed by atoms with Crippen molar-refractivity contribution in [3.05, 3.63) is 12.7 Å². The van der Waals surface area contributed by atoms with E-state index in [2.05, 4.69) is 6.58 Å². The first-order valence-corrected chi connectivity index (χ1v) is 4.69. The van der Waals surface area contributed by atoms with Gasteiger partial charge in [-0.2, -0.15) is 30.7 Å². The minimum Gasteiger partial charge on any atom is -0.478 e. The van der Waals surface area contributed by atoms with Gasteiger partial charge in [-0.25, -0.2) is 4.79 Å². The Balaban J connectivity index is 0. The van der Waals surface area contributed by atoms with Crippen LogP contribution in [0.5, 0.6) is 0 Å². The molecule has 11 heteroatoms. The maximum absolute atomic E-state index is 12.4. The van der Waals surface area contributed by atoms with Gasteiger partial charge in [0.15, 0.2) is 0 Å². The fraction of sp³-hybridized carbons (Fsp3) is 0.667. The molecule has 0 aliphatic heterocycles. The first-order valence-electron chi connectivity index (χ1n) is 4.69. The summed E-state index contributed by atoms with van der Waals surface area (Å²) in [6.07, 6.45) is -10.1. The maximum Gasteiger partial charge on any atom is 0.459 e. The van der Waals surface area contributed by atoms with Crippen LogP contribution in [0.2, 0.25) is 0 Å². The number of aliphatic carboxylic acids is 1. The lowest BCUT2D eigenvalue weighted by molar-refractivity contribution is -0.358. The van der Waals surface area contributed by atoms with Gasteiger partial charge in [0.1, 0.15) is 0 Å². The summed E-state index contributed by atoms with van der Waals surface area (Å²) in [7, 11) is 0. The molecule has 3 N–H and O–H groups in total. The van der Waals surface area contributed by atoms with Crippen molar-refractivity contribution in [2.45, 2.75) is 30.5 Å². The average molecular weight is 316 g/mol. The summed E-state index contributed by atoms with van der Waals surface area (Å²) < 4.78 is 83.6. The second-order valence-electron chi connectivity index (χ2n) is 3.36. The van der Waals surface area contributed by atoms with Gasteiger partial charge < -0.3 is 15.3 Å². The number of alkyl halides is 7. The van der Waals surface area contributed by atoms with E-state index < -0.39 is 43.1 Å². The Kier molecular flexibility index (Phi) is 7.78. The van der Waals surface area contributed by atoms with E-state index in [1.807, 2.05) is 0 Å². The van der Waals surface area contributed by atoms with Crippen molar-refractivity contribution >= 4 is 5.97 Å². The molecule has 0 amide bonds. The molecule has 1 atom stereocenters. The molecule has 0 rings (SSSR count). The molecular weight excluding hydrogens is 305 g/mol. The number of hydrogen-bond donors (Lipinski definition) is 3. The summed E-state index contributed by atoms with van der Waals surface area (Å²) in [5.41, 5.74) is 0. The predicted octanol–water partition coefficient (Wildman–Crippen LogP) is 1.82. The van der Waals surface area contributed by atoms with Crippen LogP contribution in [0.15, 0.2) is 12.7 Å². The minimum absolute atomic E-state index is 0.833. The second-order valence-corrected chi connectivity index (χ2v) is 3.36. The molecule has 120 valence electrons. The third kappa shape index (κ3) is 6.19. The summed E-state index contributed by atoms with van der Waals surface area (Å²) >= 11 is 0. The van der Waals surface area contributed by atoms with Gasteiger partial charge in [0.25, 0.3) is 0 Å². The predicted molar refractivity (Wildman–Crippen MR) is 51.5 cm³/mol. The molecule has 0 radical (unpaired) electrons. The number of rotatable bonds is 5.